The number of ether oxygens (including phenoxy) is 2. The van der Waals surface area contributed by atoms with Gasteiger partial charge in [0.25, 0.3) is 0 Å². The molecule has 1 N–H and O–H groups in total. The van der Waals surface area contributed by atoms with Crippen LogP contribution in [-0.2, 0) is 14.3 Å². The van der Waals surface area contributed by atoms with Crippen LogP contribution in [0.15, 0.2) is 0 Å². The first-order chi connectivity index (χ1) is 9.27. The SMILES string of the molecule is CN(C(=O)CCOC1CCNCC1)C1CCOCC1. The van der Waals surface area contributed by atoms with Crippen molar-refractivity contribution in [2.45, 2.75) is 44.2 Å². The average Bonchev–Trinajstić information content (AvgIpc) is 2.48. The molecule has 5 nitrogen and oxygen atoms in total. The Balaban J connectivity index is 1.62. The standard InChI is InChI=1S/C14H26N2O3/c1-16(12-4-9-18-10-5-12)14(17)6-11-19-13-2-7-15-8-3-13/h12-13,15H,2-11H2,1H3. The van der Waals surface area contributed by atoms with Crippen molar-refractivity contribution in [1.29, 1.82) is 0 Å². The number of nitrogens with one attached hydrogen (secondary N) is 1. The van der Waals surface area contributed by atoms with Crippen molar-refractivity contribution >= 4 is 5.91 Å². The van der Waals surface area contributed by atoms with Crippen LogP contribution in [0.25, 0.3) is 0 Å². The lowest BCUT2D eigenvalue weighted by Crippen LogP contribution is -2.41. The molecule has 2 rings (SSSR count). The summed E-state index contributed by atoms with van der Waals surface area (Å²) in [4.78, 5) is 14.0. The highest BCUT2D eigenvalue weighted by atomic mass is 16.5. The van der Waals surface area contributed by atoms with E-state index < -0.39 is 0 Å². The number of amides is 1. The summed E-state index contributed by atoms with van der Waals surface area (Å²) in [7, 11) is 1.91. The van der Waals surface area contributed by atoms with E-state index in [1.54, 1.807) is 0 Å². The van der Waals surface area contributed by atoms with Gasteiger partial charge in [-0.1, -0.05) is 0 Å². The van der Waals surface area contributed by atoms with Crippen LogP contribution in [-0.4, -0.2) is 62.9 Å². The van der Waals surface area contributed by atoms with Crippen molar-refractivity contribution in [3.63, 3.8) is 0 Å². The first-order valence-corrected chi connectivity index (χ1v) is 7.43. The highest BCUT2D eigenvalue weighted by Crippen LogP contribution is 2.14. The molecule has 0 atom stereocenters. The monoisotopic (exact) mass is 270 g/mol. The molecular formula is C14H26N2O3. The van der Waals surface area contributed by atoms with Crippen molar-refractivity contribution < 1.29 is 14.3 Å². The lowest BCUT2D eigenvalue weighted by molar-refractivity contribution is -0.135. The summed E-state index contributed by atoms with van der Waals surface area (Å²) in [5.74, 6) is 0.195. The fraction of sp³-hybridized carbons (Fsp3) is 0.929. The predicted molar refractivity (Wildman–Crippen MR) is 73.1 cm³/mol. The summed E-state index contributed by atoms with van der Waals surface area (Å²) in [5, 5.41) is 3.31. The molecule has 2 aliphatic heterocycles. The molecule has 2 aliphatic rings. The summed E-state index contributed by atoms with van der Waals surface area (Å²) in [6.07, 6.45) is 4.86. The number of rotatable bonds is 5. The fourth-order valence-corrected chi connectivity index (χ4v) is 2.73. The molecular weight excluding hydrogens is 244 g/mol. The second-order valence-electron chi connectivity index (χ2n) is 5.42. The zero-order chi connectivity index (χ0) is 13.5. The normalized spacial score (nSPS) is 22.4. The minimum absolute atomic E-state index is 0.195. The third-order valence-corrected chi connectivity index (χ3v) is 4.09. The number of nitrogens with zero attached hydrogens (tertiary/aromatic N) is 1. The zero-order valence-electron chi connectivity index (χ0n) is 11.9. The van der Waals surface area contributed by atoms with E-state index in [0.717, 1.165) is 52.0 Å². The molecule has 2 heterocycles. The van der Waals surface area contributed by atoms with E-state index in [1.165, 1.54) is 0 Å². The molecule has 2 fully saturated rings. The molecule has 0 bridgehead atoms. The molecule has 0 aliphatic carbocycles. The molecule has 0 aromatic heterocycles. The summed E-state index contributed by atoms with van der Waals surface area (Å²) in [6, 6.07) is 0.347. The first-order valence-electron chi connectivity index (χ1n) is 7.43. The van der Waals surface area contributed by atoms with Gasteiger partial charge in [-0.05, 0) is 38.8 Å². The Morgan fingerprint density at radius 1 is 1.26 bits per heavy atom. The van der Waals surface area contributed by atoms with Crippen LogP contribution < -0.4 is 5.32 Å². The predicted octanol–water partition coefficient (Wildman–Crippen LogP) is 0.783. The fourth-order valence-electron chi connectivity index (χ4n) is 2.73. The molecule has 0 saturated carbocycles. The maximum absolute atomic E-state index is 12.1. The Labute approximate surface area is 115 Å². The number of hydrogen-bond acceptors (Lipinski definition) is 4. The van der Waals surface area contributed by atoms with Crippen molar-refractivity contribution in [2.75, 3.05) is 40.0 Å². The molecule has 1 amide bonds. The molecule has 2 saturated heterocycles. The van der Waals surface area contributed by atoms with Gasteiger partial charge in [0.2, 0.25) is 5.91 Å². The number of piperidine rings is 1. The summed E-state index contributed by atoms with van der Waals surface area (Å²) >= 11 is 0. The highest BCUT2D eigenvalue weighted by molar-refractivity contribution is 5.76. The highest BCUT2D eigenvalue weighted by Gasteiger charge is 2.22. The zero-order valence-corrected chi connectivity index (χ0v) is 11.9. The topological polar surface area (TPSA) is 50.8 Å². The largest absolute Gasteiger partial charge is 0.381 e. The molecule has 0 aromatic carbocycles. The van der Waals surface area contributed by atoms with Crippen molar-refractivity contribution in [3.05, 3.63) is 0 Å². The van der Waals surface area contributed by atoms with E-state index in [4.69, 9.17) is 9.47 Å². The smallest absolute Gasteiger partial charge is 0.224 e. The van der Waals surface area contributed by atoms with Crippen molar-refractivity contribution in [1.82, 2.24) is 10.2 Å². The van der Waals surface area contributed by atoms with Gasteiger partial charge in [0, 0.05) is 26.3 Å². The third kappa shape index (κ3) is 4.75. The van der Waals surface area contributed by atoms with Crippen LogP contribution in [0.4, 0.5) is 0 Å². The average molecular weight is 270 g/mol. The number of carbonyl (C=O) groups excluding carboxylic acids is 1. The van der Waals surface area contributed by atoms with E-state index in [9.17, 15) is 4.79 Å². The van der Waals surface area contributed by atoms with Crippen LogP contribution >= 0.6 is 0 Å². The van der Waals surface area contributed by atoms with Gasteiger partial charge in [-0.15, -0.1) is 0 Å². The summed E-state index contributed by atoms with van der Waals surface area (Å²) in [6.45, 7) is 4.15. The van der Waals surface area contributed by atoms with E-state index in [-0.39, 0.29) is 5.91 Å². The molecule has 0 unspecified atom stereocenters. The van der Waals surface area contributed by atoms with Gasteiger partial charge in [-0.3, -0.25) is 4.79 Å². The Hall–Kier alpha value is -0.650. The van der Waals surface area contributed by atoms with Gasteiger partial charge in [-0.25, -0.2) is 0 Å². The minimum Gasteiger partial charge on any atom is -0.381 e. The van der Waals surface area contributed by atoms with Crippen molar-refractivity contribution in [2.24, 2.45) is 0 Å². The van der Waals surface area contributed by atoms with Crippen LogP contribution in [0.2, 0.25) is 0 Å². The van der Waals surface area contributed by atoms with Gasteiger partial charge >= 0.3 is 0 Å². The Kier molecular flexibility index (Phi) is 6.07. The second kappa shape index (κ2) is 7.82. The summed E-state index contributed by atoms with van der Waals surface area (Å²) in [5.41, 5.74) is 0. The molecule has 0 radical (unpaired) electrons. The lowest BCUT2D eigenvalue weighted by atomic mass is 10.1. The summed E-state index contributed by atoms with van der Waals surface area (Å²) < 4.78 is 11.1. The van der Waals surface area contributed by atoms with E-state index in [1.807, 2.05) is 11.9 Å². The second-order valence-corrected chi connectivity index (χ2v) is 5.42. The van der Waals surface area contributed by atoms with Gasteiger partial charge in [-0.2, -0.15) is 0 Å². The van der Waals surface area contributed by atoms with E-state index in [2.05, 4.69) is 5.32 Å². The van der Waals surface area contributed by atoms with Gasteiger partial charge in [0.1, 0.15) is 0 Å². The molecule has 110 valence electrons. The minimum atomic E-state index is 0.195. The van der Waals surface area contributed by atoms with Gasteiger partial charge in [0.15, 0.2) is 0 Å². The Bertz CT molecular complexity index is 274. The molecule has 0 spiro atoms. The van der Waals surface area contributed by atoms with Crippen LogP contribution in [0, 0.1) is 0 Å². The maximum Gasteiger partial charge on any atom is 0.224 e. The quantitative estimate of drug-likeness (QED) is 0.802. The lowest BCUT2D eigenvalue weighted by Gasteiger charge is -2.31. The van der Waals surface area contributed by atoms with Crippen molar-refractivity contribution in [3.8, 4) is 0 Å². The van der Waals surface area contributed by atoms with Crippen LogP contribution in [0.5, 0.6) is 0 Å². The van der Waals surface area contributed by atoms with Crippen LogP contribution in [0.1, 0.15) is 32.1 Å². The third-order valence-electron chi connectivity index (χ3n) is 4.09. The van der Waals surface area contributed by atoms with E-state index >= 15 is 0 Å². The maximum atomic E-state index is 12.1. The first kappa shape index (κ1) is 14.8. The molecule has 5 heteroatoms. The van der Waals surface area contributed by atoms with Gasteiger partial charge < -0.3 is 19.7 Å². The Morgan fingerprint density at radius 2 is 1.95 bits per heavy atom. The molecule has 0 aromatic rings. The Morgan fingerprint density at radius 3 is 2.63 bits per heavy atom. The number of carbonyl (C=O) groups is 1. The number of hydrogen-bond donors (Lipinski definition) is 1. The molecule has 19 heavy (non-hydrogen) atoms. The van der Waals surface area contributed by atoms with Crippen LogP contribution in [0.3, 0.4) is 0 Å². The van der Waals surface area contributed by atoms with E-state index in [0.29, 0.717) is 25.2 Å². The van der Waals surface area contributed by atoms with Gasteiger partial charge in [0.05, 0.1) is 19.1 Å².